The third-order valence-electron chi connectivity index (χ3n) is 10.1. The number of rotatable bonds is 6. The van der Waals surface area contributed by atoms with Gasteiger partial charge in [-0.3, -0.25) is 19.4 Å². The zero-order valence-electron chi connectivity index (χ0n) is 28.7. The highest BCUT2D eigenvalue weighted by atomic mass is 19.4. The highest BCUT2D eigenvalue weighted by molar-refractivity contribution is 6.07. The summed E-state index contributed by atoms with van der Waals surface area (Å²) in [4.78, 5) is 49.3. The van der Waals surface area contributed by atoms with Gasteiger partial charge < -0.3 is 14.7 Å². The van der Waals surface area contributed by atoms with Gasteiger partial charge in [-0.05, 0) is 86.1 Å². The van der Waals surface area contributed by atoms with Gasteiger partial charge in [-0.2, -0.15) is 26.3 Å². The van der Waals surface area contributed by atoms with Crippen LogP contribution in [-0.4, -0.2) is 42.3 Å². The lowest BCUT2D eigenvalue weighted by Gasteiger charge is -2.36. The van der Waals surface area contributed by atoms with Crippen molar-refractivity contribution < 1.29 is 40.7 Å². The van der Waals surface area contributed by atoms with Gasteiger partial charge in [0.2, 0.25) is 17.7 Å². The van der Waals surface area contributed by atoms with Crippen molar-refractivity contribution in [2.45, 2.75) is 70.1 Å². The van der Waals surface area contributed by atoms with Crippen molar-refractivity contribution in [1.29, 1.82) is 0 Å². The first-order valence-electron chi connectivity index (χ1n) is 17.7. The van der Waals surface area contributed by atoms with E-state index in [0.717, 1.165) is 44.1 Å². The fourth-order valence-electron chi connectivity index (χ4n) is 7.31. The third-order valence-corrected chi connectivity index (χ3v) is 10.1. The molecule has 3 aliphatic rings. The second kappa shape index (κ2) is 14.3. The molecular weight excluding hydrogens is 698 g/mol. The maximum absolute atomic E-state index is 13.5. The van der Waals surface area contributed by atoms with Crippen LogP contribution in [0.5, 0.6) is 0 Å². The van der Waals surface area contributed by atoms with Crippen molar-refractivity contribution in [2.75, 3.05) is 34.3 Å². The lowest BCUT2D eigenvalue weighted by atomic mass is 9.95. The Balaban J connectivity index is 1.27. The van der Waals surface area contributed by atoms with E-state index in [2.05, 4.69) is 4.98 Å². The summed E-state index contributed by atoms with van der Waals surface area (Å²) in [7, 11) is 0. The monoisotopic (exact) mass is 734 g/mol. The van der Waals surface area contributed by atoms with Crippen LogP contribution in [0.25, 0.3) is 33.5 Å². The number of pyridine rings is 1. The number of anilines is 3. The van der Waals surface area contributed by atoms with E-state index in [0.29, 0.717) is 84.8 Å². The maximum Gasteiger partial charge on any atom is 0.416 e. The Hall–Kier alpha value is -5.20. The van der Waals surface area contributed by atoms with Gasteiger partial charge >= 0.3 is 12.4 Å². The molecule has 1 aromatic heterocycles. The molecule has 7 rings (SSSR count). The average Bonchev–Trinajstić information content (AvgIpc) is 3.14. The molecule has 53 heavy (non-hydrogen) atoms. The van der Waals surface area contributed by atoms with Crippen LogP contribution in [0, 0.1) is 0 Å². The van der Waals surface area contributed by atoms with Crippen molar-refractivity contribution >= 4 is 34.8 Å². The zero-order chi connectivity index (χ0) is 37.5. The van der Waals surface area contributed by atoms with Gasteiger partial charge in [0.15, 0.2) is 0 Å². The first-order valence-corrected chi connectivity index (χ1v) is 17.7. The lowest BCUT2D eigenvalue weighted by molar-refractivity contribution is -0.143. The number of nitrogens with zero attached hydrogens (tertiary/aromatic N) is 4. The van der Waals surface area contributed by atoms with E-state index in [4.69, 9.17) is 0 Å². The smallest absolute Gasteiger partial charge is 0.312 e. The molecule has 3 fully saturated rings. The molecule has 0 atom stereocenters. The van der Waals surface area contributed by atoms with Crippen LogP contribution in [0.2, 0.25) is 0 Å². The lowest BCUT2D eigenvalue weighted by Crippen LogP contribution is -2.40. The largest absolute Gasteiger partial charge is 0.416 e. The number of carbonyl (C=O) groups excluding carboxylic acids is 3. The zero-order valence-corrected chi connectivity index (χ0v) is 28.7. The summed E-state index contributed by atoms with van der Waals surface area (Å²) >= 11 is 0. The highest BCUT2D eigenvalue weighted by Crippen LogP contribution is 2.45. The second-order valence-electron chi connectivity index (χ2n) is 13.7. The molecule has 3 aromatic carbocycles. The molecule has 276 valence electrons. The van der Waals surface area contributed by atoms with Crippen molar-refractivity contribution in [1.82, 2.24) is 4.98 Å². The standard InChI is InChI=1S/C40H36F6N4O3/c41-39(42,43)29-19-28(20-30(21-29)40(44,45)46)32-15-14-27(24-47-32)25-10-12-26(13-11-25)31-22-34(49-17-5-2-8-37(49)52)35(50-18-6-3-9-38(50)53)23-33(31)48-16-4-1-7-36(48)51/h10-15,19-24H,1-9,16-18H2. The number of hydrogen-bond donors (Lipinski definition) is 0. The molecule has 4 heterocycles. The molecular formula is C40H36F6N4O3. The summed E-state index contributed by atoms with van der Waals surface area (Å²) < 4.78 is 80.7. The number of piperidine rings is 3. The minimum absolute atomic E-state index is 0.0246. The number of halogens is 6. The Morgan fingerprint density at radius 2 is 0.925 bits per heavy atom. The van der Waals surface area contributed by atoms with Gasteiger partial charge in [0.05, 0.1) is 33.9 Å². The van der Waals surface area contributed by atoms with Crippen molar-refractivity contribution in [2.24, 2.45) is 0 Å². The number of amides is 3. The number of benzene rings is 3. The van der Waals surface area contributed by atoms with Crippen LogP contribution in [0.3, 0.4) is 0 Å². The Morgan fingerprint density at radius 3 is 1.38 bits per heavy atom. The van der Waals surface area contributed by atoms with E-state index in [9.17, 15) is 40.7 Å². The van der Waals surface area contributed by atoms with E-state index < -0.39 is 23.5 Å². The quantitative estimate of drug-likeness (QED) is 0.185. The fourth-order valence-corrected chi connectivity index (χ4v) is 7.31. The average molecular weight is 735 g/mol. The molecule has 0 N–H and O–H groups in total. The van der Waals surface area contributed by atoms with Crippen LogP contribution >= 0.6 is 0 Å². The van der Waals surface area contributed by atoms with E-state index in [1.54, 1.807) is 20.8 Å². The Morgan fingerprint density at radius 1 is 0.472 bits per heavy atom. The summed E-state index contributed by atoms with van der Waals surface area (Å²) in [6.45, 7) is 1.53. The number of alkyl halides is 6. The minimum atomic E-state index is -4.98. The molecule has 3 aliphatic heterocycles. The molecule has 13 heteroatoms. The Kier molecular flexibility index (Phi) is 9.77. The first kappa shape index (κ1) is 36.2. The van der Waals surface area contributed by atoms with Crippen molar-refractivity contribution in [3.8, 4) is 33.5 Å². The van der Waals surface area contributed by atoms with Gasteiger partial charge in [0.25, 0.3) is 0 Å². The summed E-state index contributed by atoms with van der Waals surface area (Å²) in [6, 6.07) is 15.5. The topological polar surface area (TPSA) is 73.8 Å². The molecule has 0 radical (unpaired) electrons. The van der Waals surface area contributed by atoms with E-state index >= 15 is 0 Å². The predicted molar refractivity (Wildman–Crippen MR) is 189 cm³/mol. The van der Waals surface area contributed by atoms with Gasteiger partial charge in [0, 0.05) is 61.8 Å². The Labute approximate surface area is 302 Å². The Bertz CT molecular complexity index is 2010. The second-order valence-corrected chi connectivity index (χ2v) is 13.7. The number of hydrogen-bond acceptors (Lipinski definition) is 4. The van der Waals surface area contributed by atoms with Crippen LogP contribution in [0.1, 0.15) is 68.9 Å². The first-order chi connectivity index (χ1) is 25.3. The number of carbonyl (C=O) groups is 3. The highest BCUT2D eigenvalue weighted by Gasteiger charge is 2.37. The molecule has 4 aromatic rings. The van der Waals surface area contributed by atoms with E-state index in [1.807, 2.05) is 36.4 Å². The molecule has 0 bridgehead atoms. The number of aromatic nitrogens is 1. The summed E-state index contributed by atoms with van der Waals surface area (Å²) in [5, 5.41) is 0. The summed E-state index contributed by atoms with van der Waals surface area (Å²) in [5.41, 5.74) is 1.41. The molecule has 7 nitrogen and oxygen atoms in total. The van der Waals surface area contributed by atoms with Crippen molar-refractivity contribution in [3.63, 3.8) is 0 Å². The molecule has 3 amide bonds. The van der Waals surface area contributed by atoms with Crippen LogP contribution in [-0.2, 0) is 26.7 Å². The van der Waals surface area contributed by atoms with E-state index in [-0.39, 0.29) is 35.0 Å². The molecule has 3 saturated heterocycles. The summed E-state index contributed by atoms with van der Waals surface area (Å²) in [6.07, 6.45) is -2.57. The van der Waals surface area contributed by atoms with Crippen LogP contribution in [0.4, 0.5) is 43.4 Å². The molecule has 0 spiro atoms. The van der Waals surface area contributed by atoms with Gasteiger partial charge in [0.1, 0.15) is 0 Å². The minimum Gasteiger partial charge on any atom is -0.312 e. The summed E-state index contributed by atoms with van der Waals surface area (Å²) in [5.74, 6) is -0.0784. The fraction of sp³-hybridized carbons (Fsp3) is 0.350. The predicted octanol–water partition coefficient (Wildman–Crippen LogP) is 9.67. The molecule has 0 saturated carbocycles. The van der Waals surface area contributed by atoms with E-state index in [1.165, 1.54) is 12.3 Å². The van der Waals surface area contributed by atoms with Gasteiger partial charge in [-0.15, -0.1) is 0 Å². The van der Waals surface area contributed by atoms with Gasteiger partial charge in [-0.1, -0.05) is 30.3 Å². The molecule has 0 aliphatic carbocycles. The van der Waals surface area contributed by atoms with Crippen LogP contribution in [0.15, 0.2) is 72.9 Å². The third kappa shape index (κ3) is 7.51. The van der Waals surface area contributed by atoms with Gasteiger partial charge in [-0.25, -0.2) is 0 Å². The molecule has 0 unspecified atom stereocenters. The maximum atomic E-state index is 13.5. The SMILES string of the molecule is O=C1CCCCN1c1cc(N2CCCCC2=O)c(N2CCCCC2=O)cc1-c1ccc(-c2ccc(-c3cc(C(F)(F)F)cc(C(F)(F)F)c3)nc2)cc1. The van der Waals surface area contributed by atoms with Crippen molar-refractivity contribution in [3.05, 3.63) is 84.1 Å². The van der Waals surface area contributed by atoms with Crippen LogP contribution < -0.4 is 14.7 Å². The normalized spacial score (nSPS) is 17.5.